The van der Waals surface area contributed by atoms with Crippen molar-refractivity contribution in [1.29, 1.82) is 0 Å². The van der Waals surface area contributed by atoms with Gasteiger partial charge in [0.15, 0.2) is 5.65 Å². The number of benzene rings is 1. The molecule has 0 spiro atoms. The molecule has 0 unspecified atom stereocenters. The van der Waals surface area contributed by atoms with E-state index in [2.05, 4.69) is 15.4 Å². The van der Waals surface area contributed by atoms with Crippen molar-refractivity contribution in [3.63, 3.8) is 0 Å². The number of aromatic nitrogens is 3. The van der Waals surface area contributed by atoms with Crippen LogP contribution in [0.2, 0.25) is 0 Å². The zero-order valence-corrected chi connectivity index (χ0v) is 13.4. The normalized spacial score (nSPS) is 10.8. The number of hydrogen-bond acceptors (Lipinski definition) is 6. The molecule has 8 heteroatoms. The number of pyridine rings is 1. The molecule has 0 aliphatic carbocycles. The molecule has 3 aromatic rings. The second kappa shape index (κ2) is 6.07. The van der Waals surface area contributed by atoms with Crippen LogP contribution in [0.1, 0.15) is 15.9 Å². The number of nitrogens with one attached hydrogen (secondary N) is 1. The standard InChI is InChI=1S/C16H18N6O2/c1-21(2)12-5-3-10(4-6-12)8-18-11-7-13(15(23)24)14-19-16(17)20-22(14)9-11/h3-7,9,18H,8H2,1-2H3,(H2,17,20)(H,23,24). The van der Waals surface area contributed by atoms with Gasteiger partial charge in [-0.2, -0.15) is 4.98 Å². The van der Waals surface area contributed by atoms with Gasteiger partial charge in [0, 0.05) is 26.3 Å². The number of anilines is 3. The Morgan fingerprint density at radius 1 is 1.33 bits per heavy atom. The van der Waals surface area contributed by atoms with E-state index in [4.69, 9.17) is 5.73 Å². The van der Waals surface area contributed by atoms with Crippen LogP contribution in [0, 0.1) is 0 Å². The molecule has 4 N–H and O–H groups in total. The minimum Gasteiger partial charge on any atom is -0.478 e. The van der Waals surface area contributed by atoms with Crippen molar-refractivity contribution in [2.75, 3.05) is 30.0 Å². The number of fused-ring (bicyclic) bond motifs is 1. The first-order valence-corrected chi connectivity index (χ1v) is 7.33. The van der Waals surface area contributed by atoms with E-state index in [0.717, 1.165) is 11.3 Å². The summed E-state index contributed by atoms with van der Waals surface area (Å²) in [6.07, 6.45) is 1.67. The van der Waals surface area contributed by atoms with Crippen LogP contribution < -0.4 is 16.0 Å². The van der Waals surface area contributed by atoms with Crippen molar-refractivity contribution < 1.29 is 9.90 Å². The fraction of sp³-hybridized carbons (Fsp3) is 0.188. The number of carboxylic acid groups (broad SMARTS) is 1. The lowest BCUT2D eigenvalue weighted by atomic mass is 10.2. The molecule has 0 bridgehead atoms. The second-order valence-corrected chi connectivity index (χ2v) is 5.60. The van der Waals surface area contributed by atoms with E-state index in [-0.39, 0.29) is 17.2 Å². The van der Waals surface area contributed by atoms with Crippen molar-refractivity contribution in [3.05, 3.63) is 47.7 Å². The number of hydrogen-bond donors (Lipinski definition) is 3. The highest BCUT2D eigenvalue weighted by molar-refractivity contribution is 5.95. The molecule has 0 fully saturated rings. The number of aromatic carboxylic acids is 1. The molecule has 124 valence electrons. The van der Waals surface area contributed by atoms with Gasteiger partial charge < -0.3 is 21.1 Å². The lowest BCUT2D eigenvalue weighted by Gasteiger charge is -2.13. The first-order chi connectivity index (χ1) is 11.4. The number of nitrogens with two attached hydrogens (primary N) is 1. The van der Waals surface area contributed by atoms with Crippen LogP contribution in [-0.4, -0.2) is 39.8 Å². The zero-order valence-electron chi connectivity index (χ0n) is 13.4. The summed E-state index contributed by atoms with van der Waals surface area (Å²) in [5.74, 6) is -1.04. The van der Waals surface area contributed by atoms with Crippen LogP contribution in [0.4, 0.5) is 17.3 Å². The third-order valence-corrected chi connectivity index (χ3v) is 3.63. The lowest BCUT2D eigenvalue weighted by molar-refractivity contribution is 0.0698. The first kappa shape index (κ1) is 15.6. The topological polar surface area (TPSA) is 109 Å². The smallest absolute Gasteiger partial charge is 0.339 e. The predicted octanol–water partition coefficient (Wildman–Crippen LogP) is 1.69. The Kier molecular flexibility index (Phi) is 3.95. The minimum absolute atomic E-state index is 0.0360. The molecule has 0 aliphatic heterocycles. The number of carboxylic acids is 1. The first-order valence-electron chi connectivity index (χ1n) is 7.33. The molecule has 0 saturated heterocycles. The monoisotopic (exact) mass is 326 g/mol. The molecule has 0 aliphatic rings. The highest BCUT2D eigenvalue weighted by Gasteiger charge is 2.14. The SMILES string of the molecule is CN(C)c1ccc(CNc2cc(C(=O)O)c3nc(N)nn3c2)cc1. The Morgan fingerprint density at radius 2 is 2.04 bits per heavy atom. The van der Waals surface area contributed by atoms with Gasteiger partial charge in [0.2, 0.25) is 5.95 Å². The summed E-state index contributed by atoms with van der Waals surface area (Å²) < 4.78 is 1.37. The molecule has 2 aromatic heterocycles. The molecule has 24 heavy (non-hydrogen) atoms. The highest BCUT2D eigenvalue weighted by Crippen LogP contribution is 2.18. The molecular formula is C16H18N6O2. The summed E-state index contributed by atoms with van der Waals surface area (Å²) >= 11 is 0. The number of carbonyl (C=O) groups is 1. The summed E-state index contributed by atoms with van der Waals surface area (Å²) in [7, 11) is 3.97. The Morgan fingerprint density at radius 3 is 2.67 bits per heavy atom. The van der Waals surface area contributed by atoms with Gasteiger partial charge in [0.25, 0.3) is 0 Å². The van der Waals surface area contributed by atoms with E-state index in [9.17, 15) is 9.90 Å². The second-order valence-electron chi connectivity index (χ2n) is 5.60. The Balaban J connectivity index is 1.83. The van der Waals surface area contributed by atoms with E-state index >= 15 is 0 Å². The van der Waals surface area contributed by atoms with Crippen molar-refractivity contribution in [1.82, 2.24) is 14.6 Å². The molecule has 3 rings (SSSR count). The van der Waals surface area contributed by atoms with E-state index in [1.54, 1.807) is 6.20 Å². The maximum Gasteiger partial charge on any atom is 0.339 e. The van der Waals surface area contributed by atoms with E-state index < -0.39 is 5.97 Å². The molecule has 0 radical (unpaired) electrons. The molecular weight excluding hydrogens is 308 g/mol. The quantitative estimate of drug-likeness (QED) is 0.654. The van der Waals surface area contributed by atoms with Gasteiger partial charge in [-0.1, -0.05) is 12.1 Å². The largest absolute Gasteiger partial charge is 0.478 e. The van der Waals surface area contributed by atoms with Gasteiger partial charge in [-0.3, -0.25) is 0 Å². The van der Waals surface area contributed by atoms with Crippen LogP contribution in [0.5, 0.6) is 0 Å². The third kappa shape index (κ3) is 3.07. The Hall–Kier alpha value is -3.29. The number of nitrogen functional groups attached to an aromatic ring is 1. The Bertz CT molecular complexity index is 885. The van der Waals surface area contributed by atoms with Gasteiger partial charge >= 0.3 is 5.97 Å². The molecule has 2 heterocycles. The van der Waals surface area contributed by atoms with Crippen molar-refractivity contribution in [2.45, 2.75) is 6.54 Å². The molecule has 8 nitrogen and oxygen atoms in total. The summed E-state index contributed by atoms with van der Waals surface area (Å²) in [5.41, 5.74) is 8.65. The van der Waals surface area contributed by atoms with Crippen LogP contribution in [0.15, 0.2) is 36.5 Å². The minimum atomic E-state index is -1.08. The lowest BCUT2D eigenvalue weighted by Crippen LogP contribution is -2.09. The highest BCUT2D eigenvalue weighted by atomic mass is 16.4. The molecule has 0 atom stereocenters. The molecule has 0 amide bonds. The van der Waals surface area contributed by atoms with Crippen LogP contribution in [0.25, 0.3) is 5.65 Å². The molecule has 0 saturated carbocycles. The van der Waals surface area contributed by atoms with Gasteiger partial charge in [0.1, 0.15) is 5.56 Å². The zero-order chi connectivity index (χ0) is 17.3. The number of nitrogens with zero attached hydrogens (tertiary/aromatic N) is 4. The van der Waals surface area contributed by atoms with Gasteiger partial charge in [-0.25, -0.2) is 9.31 Å². The summed E-state index contributed by atoms with van der Waals surface area (Å²) in [6, 6.07) is 9.63. The van der Waals surface area contributed by atoms with Gasteiger partial charge in [0.05, 0.1) is 11.9 Å². The van der Waals surface area contributed by atoms with Crippen LogP contribution >= 0.6 is 0 Å². The maximum atomic E-state index is 11.4. The summed E-state index contributed by atoms with van der Waals surface area (Å²) in [5, 5.41) is 16.5. The third-order valence-electron chi connectivity index (χ3n) is 3.63. The van der Waals surface area contributed by atoms with Crippen molar-refractivity contribution >= 4 is 28.9 Å². The predicted molar refractivity (Wildman–Crippen MR) is 92.5 cm³/mol. The van der Waals surface area contributed by atoms with Crippen molar-refractivity contribution in [3.8, 4) is 0 Å². The van der Waals surface area contributed by atoms with E-state index in [1.165, 1.54) is 10.6 Å². The summed E-state index contributed by atoms with van der Waals surface area (Å²) in [4.78, 5) is 17.4. The average Bonchev–Trinajstić information content (AvgIpc) is 2.92. The van der Waals surface area contributed by atoms with Crippen molar-refractivity contribution in [2.24, 2.45) is 0 Å². The van der Waals surface area contributed by atoms with Gasteiger partial charge in [-0.05, 0) is 23.8 Å². The average molecular weight is 326 g/mol. The van der Waals surface area contributed by atoms with Crippen LogP contribution in [0.3, 0.4) is 0 Å². The number of rotatable bonds is 5. The fourth-order valence-corrected chi connectivity index (χ4v) is 2.37. The van der Waals surface area contributed by atoms with Gasteiger partial charge in [-0.15, -0.1) is 5.10 Å². The summed E-state index contributed by atoms with van der Waals surface area (Å²) in [6.45, 7) is 0.558. The van der Waals surface area contributed by atoms with E-state index in [0.29, 0.717) is 12.2 Å². The maximum absolute atomic E-state index is 11.4. The molecule has 1 aromatic carbocycles. The Labute approximate surface area is 138 Å². The van der Waals surface area contributed by atoms with E-state index in [1.807, 2.05) is 43.3 Å². The van der Waals surface area contributed by atoms with Crippen LogP contribution in [-0.2, 0) is 6.54 Å². The fourth-order valence-electron chi connectivity index (χ4n) is 2.37.